The Balaban J connectivity index is 1.96. The number of hydrogen-bond donors (Lipinski definition) is 2. The first-order chi connectivity index (χ1) is 9.26. The molecule has 1 heterocycles. The summed E-state index contributed by atoms with van der Waals surface area (Å²) in [5, 5.41) is 15.5. The minimum absolute atomic E-state index is 0.222. The summed E-state index contributed by atoms with van der Waals surface area (Å²) in [5.41, 5.74) is 2.25. The van der Waals surface area contributed by atoms with Gasteiger partial charge in [-0.3, -0.25) is 0 Å². The number of ether oxygens (including phenoxy) is 1. The van der Waals surface area contributed by atoms with Gasteiger partial charge in [0.1, 0.15) is 0 Å². The lowest BCUT2D eigenvalue weighted by Gasteiger charge is -2.10. The van der Waals surface area contributed by atoms with E-state index >= 15 is 0 Å². The van der Waals surface area contributed by atoms with Crippen LogP contribution in [0.4, 0.5) is 0 Å². The summed E-state index contributed by atoms with van der Waals surface area (Å²) in [5.74, 6) is 0.740. The van der Waals surface area contributed by atoms with Crippen LogP contribution in [-0.4, -0.2) is 12.2 Å². The van der Waals surface area contributed by atoms with Crippen molar-refractivity contribution in [2.24, 2.45) is 0 Å². The van der Waals surface area contributed by atoms with Crippen LogP contribution in [0, 0.1) is 0 Å². The molecule has 2 rings (SSSR count). The molecule has 1 aromatic carbocycles. The van der Waals surface area contributed by atoms with E-state index in [0.717, 1.165) is 18.5 Å². The van der Waals surface area contributed by atoms with Crippen molar-refractivity contribution in [2.45, 2.75) is 26.4 Å². The van der Waals surface area contributed by atoms with Crippen molar-refractivity contribution < 1.29 is 9.84 Å². The second kappa shape index (κ2) is 6.59. The number of benzene rings is 1. The first-order valence-electron chi connectivity index (χ1n) is 6.37. The van der Waals surface area contributed by atoms with E-state index in [9.17, 15) is 5.11 Å². The Morgan fingerprint density at radius 3 is 2.79 bits per heavy atom. The van der Waals surface area contributed by atoms with E-state index in [1.807, 2.05) is 12.1 Å². The highest BCUT2D eigenvalue weighted by molar-refractivity contribution is 7.10. The SMILES string of the molecule is CCc1ccsc1CNCc1cccc(OC)c1O. The molecule has 0 fully saturated rings. The van der Waals surface area contributed by atoms with Crippen LogP contribution in [0.3, 0.4) is 0 Å². The van der Waals surface area contributed by atoms with Crippen molar-refractivity contribution in [1.82, 2.24) is 5.32 Å². The fraction of sp³-hybridized carbons (Fsp3) is 0.333. The Morgan fingerprint density at radius 2 is 2.05 bits per heavy atom. The number of rotatable bonds is 6. The molecular formula is C15H19NO2S. The predicted molar refractivity (Wildman–Crippen MR) is 78.9 cm³/mol. The van der Waals surface area contributed by atoms with Gasteiger partial charge in [0.15, 0.2) is 11.5 Å². The van der Waals surface area contributed by atoms with Crippen molar-refractivity contribution in [2.75, 3.05) is 7.11 Å². The molecule has 0 saturated carbocycles. The lowest BCUT2D eigenvalue weighted by atomic mass is 10.1. The van der Waals surface area contributed by atoms with Crippen LogP contribution in [-0.2, 0) is 19.5 Å². The second-order valence-corrected chi connectivity index (χ2v) is 5.29. The molecule has 1 aromatic heterocycles. The Labute approximate surface area is 117 Å². The summed E-state index contributed by atoms with van der Waals surface area (Å²) >= 11 is 1.77. The van der Waals surface area contributed by atoms with Gasteiger partial charge in [-0.15, -0.1) is 11.3 Å². The van der Waals surface area contributed by atoms with Gasteiger partial charge in [-0.1, -0.05) is 19.1 Å². The maximum absolute atomic E-state index is 9.98. The summed E-state index contributed by atoms with van der Waals surface area (Å²) in [7, 11) is 1.56. The Bertz CT molecular complexity index is 537. The van der Waals surface area contributed by atoms with Gasteiger partial charge in [0.25, 0.3) is 0 Å². The summed E-state index contributed by atoms with van der Waals surface area (Å²) in [6.45, 7) is 3.63. The maximum Gasteiger partial charge on any atom is 0.162 e. The van der Waals surface area contributed by atoms with E-state index < -0.39 is 0 Å². The number of aromatic hydroxyl groups is 1. The Kier molecular flexibility index (Phi) is 4.82. The molecule has 3 nitrogen and oxygen atoms in total. The molecule has 19 heavy (non-hydrogen) atoms. The van der Waals surface area contributed by atoms with Gasteiger partial charge in [0, 0.05) is 23.5 Å². The van der Waals surface area contributed by atoms with Crippen LogP contribution in [0.25, 0.3) is 0 Å². The van der Waals surface area contributed by atoms with Gasteiger partial charge >= 0.3 is 0 Å². The fourth-order valence-electron chi connectivity index (χ4n) is 2.02. The van der Waals surface area contributed by atoms with Crippen molar-refractivity contribution in [3.63, 3.8) is 0 Å². The van der Waals surface area contributed by atoms with E-state index in [0.29, 0.717) is 12.3 Å². The van der Waals surface area contributed by atoms with Crippen molar-refractivity contribution in [1.29, 1.82) is 0 Å². The highest BCUT2D eigenvalue weighted by Crippen LogP contribution is 2.29. The molecule has 0 aliphatic carbocycles. The van der Waals surface area contributed by atoms with Crippen molar-refractivity contribution in [3.05, 3.63) is 45.6 Å². The zero-order chi connectivity index (χ0) is 13.7. The first kappa shape index (κ1) is 13.9. The summed E-state index contributed by atoms with van der Waals surface area (Å²) in [6.07, 6.45) is 1.06. The number of aryl methyl sites for hydroxylation is 1. The van der Waals surface area contributed by atoms with Crippen LogP contribution in [0.5, 0.6) is 11.5 Å². The third kappa shape index (κ3) is 3.28. The van der Waals surface area contributed by atoms with Crippen LogP contribution in [0.15, 0.2) is 29.6 Å². The fourth-order valence-corrected chi connectivity index (χ4v) is 2.97. The van der Waals surface area contributed by atoms with Gasteiger partial charge in [0.2, 0.25) is 0 Å². The molecule has 0 aliphatic rings. The molecule has 2 N–H and O–H groups in total. The highest BCUT2D eigenvalue weighted by atomic mass is 32.1. The van der Waals surface area contributed by atoms with Crippen LogP contribution in [0.1, 0.15) is 22.9 Å². The standard InChI is InChI=1S/C15H19NO2S/c1-3-11-7-8-19-14(11)10-16-9-12-5-4-6-13(18-2)15(12)17/h4-8,16-17H,3,9-10H2,1-2H3. The van der Waals surface area contributed by atoms with Crippen LogP contribution in [0.2, 0.25) is 0 Å². The monoisotopic (exact) mass is 277 g/mol. The molecule has 0 aliphatic heterocycles. The summed E-state index contributed by atoms with van der Waals surface area (Å²) in [6, 6.07) is 7.72. The number of methoxy groups -OCH3 is 1. The average Bonchev–Trinajstić information content (AvgIpc) is 2.88. The molecule has 2 aromatic rings. The van der Waals surface area contributed by atoms with Crippen molar-refractivity contribution >= 4 is 11.3 Å². The van der Waals surface area contributed by atoms with Crippen LogP contribution < -0.4 is 10.1 Å². The number of thiophene rings is 1. The van der Waals surface area contributed by atoms with Gasteiger partial charge in [-0.05, 0) is 29.5 Å². The van der Waals surface area contributed by atoms with E-state index in [4.69, 9.17) is 4.74 Å². The predicted octanol–water partition coefficient (Wildman–Crippen LogP) is 3.31. The second-order valence-electron chi connectivity index (χ2n) is 4.29. The van der Waals surface area contributed by atoms with Crippen molar-refractivity contribution in [3.8, 4) is 11.5 Å². The molecule has 0 atom stereocenters. The smallest absolute Gasteiger partial charge is 0.162 e. The van der Waals surface area contributed by atoms with E-state index in [1.54, 1.807) is 24.5 Å². The zero-order valence-corrected chi connectivity index (χ0v) is 12.1. The quantitative estimate of drug-likeness (QED) is 0.851. The zero-order valence-electron chi connectivity index (χ0n) is 11.3. The number of hydrogen-bond acceptors (Lipinski definition) is 4. The average molecular weight is 277 g/mol. The summed E-state index contributed by atoms with van der Waals surface area (Å²) < 4.78 is 5.10. The van der Waals surface area contributed by atoms with Gasteiger partial charge in [-0.25, -0.2) is 0 Å². The molecule has 0 amide bonds. The van der Waals surface area contributed by atoms with Gasteiger partial charge < -0.3 is 15.2 Å². The minimum atomic E-state index is 0.222. The van der Waals surface area contributed by atoms with Gasteiger partial charge in [-0.2, -0.15) is 0 Å². The van der Waals surface area contributed by atoms with Gasteiger partial charge in [0.05, 0.1) is 7.11 Å². The molecule has 0 unspecified atom stereocenters. The summed E-state index contributed by atoms with van der Waals surface area (Å²) in [4.78, 5) is 1.37. The van der Waals surface area contributed by atoms with E-state index in [2.05, 4.69) is 23.7 Å². The van der Waals surface area contributed by atoms with E-state index in [-0.39, 0.29) is 5.75 Å². The Hall–Kier alpha value is -1.52. The van der Waals surface area contributed by atoms with Crippen LogP contribution >= 0.6 is 11.3 Å². The molecule has 0 radical (unpaired) electrons. The molecule has 0 spiro atoms. The topological polar surface area (TPSA) is 41.5 Å². The largest absolute Gasteiger partial charge is 0.504 e. The third-order valence-corrected chi connectivity index (χ3v) is 4.09. The highest BCUT2D eigenvalue weighted by Gasteiger charge is 2.07. The number of phenols is 1. The lowest BCUT2D eigenvalue weighted by Crippen LogP contribution is -2.13. The number of para-hydroxylation sites is 1. The third-order valence-electron chi connectivity index (χ3n) is 3.12. The first-order valence-corrected chi connectivity index (χ1v) is 7.25. The molecule has 4 heteroatoms. The number of nitrogens with one attached hydrogen (secondary N) is 1. The minimum Gasteiger partial charge on any atom is -0.504 e. The molecule has 0 bridgehead atoms. The maximum atomic E-state index is 9.98. The molecular weight excluding hydrogens is 258 g/mol. The molecule has 0 saturated heterocycles. The Morgan fingerprint density at radius 1 is 1.21 bits per heavy atom. The lowest BCUT2D eigenvalue weighted by molar-refractivity contribution is 0.369. The number of phenolic OH excluding ortho intramolecular Hbond substituents is 1. The molecule has 102 valence electrons. The van der Waals surface area contributed by atoms with E-state index in [1.165, 1.54) is 10.4 Å². The normalized spacial score (nSPS) is 10.6.